The van der Waals surface area contributed by atoms with Crippen LogP contribution in [0.4, 0.5) is 8.78 Å². The van der Waals surface area contributed by atoms with Gasteiger partial charge in [0.05, 0.1) is 0 Å². The van der Waals surface area contributed by atoms with Crippen LogP contribution in [-0.4, -0.2) is 18.5 Å². The van der Waals surface area contributed by atoms with Crippen LogP contribution < -0.4 is 5.32 Å². The van der Waals surface area contributed by atoms with E-state index in [0.717, 1.165) is 6.92 Å². The highest BCUT2D eigenvalue weighted by Gasteiger charge is 2.38. The van der Waals surface area contributed by atoms with Gasteiger partial charge in [-0.3, -0.25) is 0 Å². The van der Waals surface area contributed by atoms with E-state index in [1.807, 2.05) is 6.92 Å². The molecule has 0 aromatic carbocycles. The third-order valence-electron chi connectivity index (χ3n) is 2.07. The van der Waals surface area contributed by atoms with Crippen molar-refractivity contribution in [3.63, 3.8) is 0 Å². The molecule has 1 heterocycles. The lowest BCUT2D eigenvalue weighted by Gasteiger charge is -2.16. The first kappa shape index (κ1) is 7.92. The molecule has 10 heavy (non-hydrogen) atoms. The lowest BCUT2D eigenvalue weighted by atomic mass is 10.0. The van der Waals surface area contributed by atoms with Crippen molar-refractivity contribution in [2.24, 2.45) is 5.92 Å². The van der Waals surface area contributed by atoms with Crippen LogP contribution >= 0.6 is 0 Å². The average Bonchev–Trinajstić information content (AvgIpc) is 2.11. The maximum atomic E-state index is 12.6. The maximum Gasteiger partial charge on any atom is 0.249 e. The van der Waals surface area contributed by atoms with Crippen LogP contribution in [-0.2, 0) is 0 Å². The van der Waals surface area contributed by atoms with E-state index in [1.54, 1.807) is 0 Å². The zero-order valence-corrected chi connectivity index (χ0v) is 6.32. The summed E-state index contributed by atoms with van der Waals surface area (Å²) in [6.07, 6.45) is 0.601. The highest BCUT2D eigenvalue weighted by molar-refractivity contribution is 4.85. The van der Waals surface area contributed by atoms with Crippen LogP contribution in [0.5, 0.6) is 0 Å². The highest BCUT2D eigenvalue weighted by atomic mass is 19.3. The normalized spacial score (nSPS) is 34.8. The third kappa shape index (κ3) is 1.66. The minimum atomic E-state index is -2.50. The van der Waals surface area contributed by atoms with Crippen molar-refractivity contribution in [3.05, 3.63) is 0 Å². The standard InChI is InChI=1S/C7H13F2N/c1-5-3-6(4-10-5)7(2,8)9/h5-6,10H,3-4H2,1-2H3. The molecule has 1 nitrogen and oxygen atoms in total. The Bertz CT molecular complexity index is 119. The van der Waals surface area contributed by atoms with Gasteiger partial charge in [0, 0.05) is 18.5 Å². The zero-order chi connectivity index (χ0) is 7.78. The van der Waals surface area contributed by atoms with Gasteiger partial charge in [-0.2, -0.15) is 0 Å². The molecule has 0 aromatic rings. The average molecular weight is 149 g/mol. The summed E-state index contributed by atoms with van der Waals surface area (Å²) in [6.45, 7) is 3.40. The molecule has 60 valence electrons. The Morgan fingerprint density at radius 3 is 2.30 bits per heavy atom. The summed E-state index contributed by atoms with van der Waals surface area (Å²) >= 11 is 0. The summed E-state index contributed by atoms with van der Waals surface area (Å²) in [5, 5.41) is 3.00. The van der Waals surface area contributed by atoms with Crippen molar-refractivity contribution >= 4 is 0 Å². The quantitative estimate of drug-likeness (QED) is 0.597. The monoisotopic (exact) mass is 149 g/mol. The summed E-state index contributed by atoms with van der Waals surface area (Å²) < 4.78 is 25.1. The molecular weight excluding hydrogens is 136 g/mol. The molecule has 0 aliphatic carbocycles. The zero-order valence-electron chi connectivity index (χ0n) is 6.32. The number of nitrogens with one attached hydrogen (secondary N) is 1. The van der Waals surface area contributed by atoms with E-state index in [1.165, 1.54) is 0 Å². The van der Waals surface area contributed by atoms with Crippen molar-refractivity contribution in [2.75, 3.05) is 6.54 Å². The van der Waals surface area contributed by atoms with E-state index in [4.69, 9.17) is 0 Å². The van der Waals surface area contributed by atoms with Crippen molar-refractivity contribution in [1.29, 1.82) is 0 Å². The van der Waals surface area contributed by atoms with Crippen LogP contribution in [0.25, 0.3) is 0 Å². The van der Waals surface area contributed by atoms with Gasteiger partial charge in [-0.15, -0.1) is 0 Å². The number of hydrogen-bond acceptors (Lipinski definition) is 1. The largest absolute Gasteiger partial charge is 0.314 e. The van der Waals surface area contributed by atoms with E-state index < -0.39 is 11.8 Å². The number of rotatable bonds is 1. The predicted molar refractivity (Wildman–Crippen MR) is 36.2 cm³/mol. The second-order valence-corrected chi connectivity index (χ2v) is 3.20. The fourth-order valence-electron chi connectivity index (χ4n) is 1.32. The molecule has 0 amide bonds. The fourth-order valence-corrected chi connectivity index (χ4v) is 1.32. The Hall–Kier alpha value is -0.180. The molecule has 2 atom stereocenters. The van der Waals surface area contributed by atoms with Gasteiger partial charge in [0.2, 0.25) is 5.92 Å². The van der Waals surface area contributed by atoms with E-state index >= 15 is 0 Å². The number of halogens is 2. The minimum absolute atomic E-state index is 0.260. The summed E-state index contributed by atoms with van der Waals surface area (Å²) in [5.74, 6) is -2.96. The molecule has 1 aliphatic heterocycles. The first-order valence-electron chi connectivity index (χ1n) is 3.61. The lowest BCUT2D eigenvalue weighted by molar-refractivity contribution is -0.0322. The maximum absolute atomic E-state index is 12.6. The Labute approximate surface area is 59.8 Å². The number of hydrogen-bond donors (Lipinski definition) is 1. The van der Waals surface area contributed by atoms with E-state index in [0.29, 0.717) is 13.0 Å². The summed E-state index contributed by atoms with van der Waals surface area (Å²) in [4.78, 5) is 0. The van der Waals surface area contributed by atoms with Crippen LogP contribution in [0.2, 0.25) is 0 Å². The van der Waals surface area contributed by atoms with Gasteiger partial charge >= 0.3 is 0 Å². The highest BCUT2D eigenvalue weighted by Crippen LogP contribution is 2.30. The topological polar surface area (TPSA) is 12.0 Å². The molecule has 1 aliphatic rings. The predicted octanol–water partition coefficient (Wildman–Crippen LogP) is 1.64. The van der Waals surface area contributed by atoms with Gasteiger partial charge in [-0.1, -0.05) is 0 Å². The lowest BCUT2D eigenvalue weighted by Crippen LogP contribution is -2.26. The molecular formula is C7H13F2N. The Morgan fingerprint density at radius 2 is 2.10 bits per heavy atom. The van der Waals surface area contributed by atoms with Gasteiger partial charge in [0.25, 0.3) is 0 Å². The van der Waals surface area contributed by atoms with E-state index in [-0.39, 0.29) is 6.04 Å². The van der Waals surface area contributed by atoms with E-state index in [2.05, 4.69) is 5.32 Å². The van der Waals surface area contributed by atoms with Crippen molar-refractivity contribution in [3.8, 4) is 0 Å². The second-order valence-electron chi connectivity index (χ2n) is 3.20. The third-order valence-corrected chi connectivity index (χ3v) is 2.07. The molecule has 1 N–H and O–H groups in total. The van der Waals surface area contributed by atoms with Gasteiger partial charge in [0.15, 0.2) is 0 Å². The van der Waals surface area contributed by atoms with Crippen LogP contribution in [0.3, 0.4) is 0 Å². The number of alkyl halides is 2. The van der Waals surface area contributed by atoms with Crippen molar-refractivity contribution in [2.45, 2.75) is 32.2 Å². The van der Waals surface area contributed by atoms with Crippen molar-refractivity contribution < 1.29 is 8.78 Å². The minimum Gasteiger partial charge on any atom is -0.314 e. The van der Waals surface area contributed by atoms with E-state index in [9.17, 15) is 8.78 Å². The Morgan fingerprint density at radius 1 is 1.50 bits per heavy atom. The molecule has 1 fully saturated rings. The Kier molecular flexibility index (Phi) is 1.95. The second kappa shape index (κ2) is 2.46. The SMILES string of the molecule is CC1CC(C(C)(F)F)CN1. The molecule has 1 rings (SSSR count). The fraction of sp³-hybridized carbons (Fsp3) is 1.00. The summed E-state index contributed by atoms with van der Waals surface area (Å²) in [5.41, 5.74) is 0. The first-order chi connectivity index (χ1) is 4.50. The van der Waals surface area contributed by atoms with Gasteiger partial charge in [-0.05, 0) is 20.3 Å². The first-order valence-corrected chi connectivity index (χ1v) is 3.61. The molecule has 0 saturated carbocycles. The molecule has 0 radical (unpaired) electrons. The molecule has 0 spiro atoms. The van der Waals surface area contributed by atoms with Crippen LogP contribution in [0.1, 0.15) is 20.3 Å². The van der Waals surface area contributed by atoms with Gasteiger partial charge in [-0.25, -0.2) is 8.78 Å². The van der Waals surface area contributed by atoms with Gasteiger partial charge < -0.3 is 5.32 Å². The van der Waals surface area contributed by atoms with Gasteiger partial charge in [0.1, 0.15) is 0 Å². The summed E-state index contributed by atoms with van der Waals surface area (Å²) in [7, 11) is 0. The Balaban J connectivity index is 2.45. The molecule has 3 heteroatoms. The van der Waals surface area contributed by atoms with Crippen LogP contribution in [0, 0.1) is 5.92 Å². The smallest absolute Gasteiger partial charge is 0.249 e. The van der Waals surface area contributed by atoms with Crippen molar-refractivity contribution in [1.82, 2.24) is 5.32 Å². The molecule has 2 unspecified atom stereocenters. The molecule has 0 bridgehead atoms. The molecule has 1 saturated heterocycles. The summed E-state index contributed by atoms with van der Waals surface area (Å²) in [6, 6.07) is 0.260. The van der Waals surface area contributed by atoms with Crippen LogP contribution in [0.15, 0.2) is 0 Å². The molecule has 0 aromatic heterocycles.